The normalized spacial score (nSPS) is 23.6. The Hall–Kier alpha value is -1.63. The van der Waals surface area contributed by atoms with Crippen molar-refractivity contribution in [2.75, 3.05) is 0 Å². The van der Waals surface area contributed by atoms with Crippen LogP contribution in [0.15, 0.2) is 11.1 Å². The number of carbonyl (C=O) groups is 2. The Morgan fingerprint density at radius 3 is 2.58 bits per heavy atom. The third kappa shape index (κ3) is 1.10. The molecule has 0 unspecified atom stereocenters. The molecule has 0 saturated heterocycles. The van der Waals surface area contributed by atoms with Crippen LogP contribution in [0.4, 0.5) is 0 Å². The molecule has 1 N–H and O–H groups in total. The van der Waals surface area contributed by atoms with Crippen molar-refractivity contribution in [3.8, 4) is 6.07 Å². The van der Waals surface area contributed by atoms with Crippen molar-refractivity contribution in [3.63, 3.8) is 0 Å². The maximum Gasteiger partial charge on any atom is 0.268 e. The molecule has 2 amide bonds. The molecule has 1 rings (SSSR count). The smallest absolute Gasteiger partial charge is 0.268 e. The predicted molar refractivity (Wildman–Crippen MR) is 40.6 cm³/mol. The molecule has 0 bridgehead atoms. The van der Waals surface area contributed by atoms with Gasteiger partial charge in [0.15, 0.2) is 0 Å². The number of rotatable bonds is 0. The van der Waals surface area contributed by atoms with Gasteiger partial charge in [0.25, 0.3) is 5.91 Å². The van der Waals surface area contributed by atoms with Gasteiger partial charge in [-0.15, -0.1) is 0 Å². The van der Waals surface area contributed by atoms with Crippen molar-refractivity contribution in [2.24, 2.45) is 5.92 Å². The van der Waals surface area contributed by atoms with Crippen LogP contribution < -0.4 is 5.32 Å². The van der Waals surface area contributed by atoms with Gasteiger partial charge >= 0.3 is 0 Å². The van der Waals surface area contributed by atoms with Gasteiger partial charge in [-0.1, -0.05) is 0 Å². The Morgan fingerprint density at radius 1 is 1.50 bits per heavy atom. The lowest BCUT2D eigenvalue weighted by molar-refractivity contribution is -0.131. The Balaban J connectivity index is 3.19. The summed E-state index contributed by atoms with van der Waals surface area (Å²) in [6.07, 6.45) is 0. The second-order valence-electron chi connectivity index (χ2n) is 2.71. The van der Waals surface area contributed by atoms with Crippen molar-refractivity contribution in [3.05, 3.63) is 11.1 Å². The van der Waals surface area contributed by atoms with Crippen LogP contribution in [0.5, 0.6) is 0 Å². The van der Waals surface area contributed by atoms with Crippen molar-refractivity contribution < 1.29 is 9.59 Å². The first-order valence-electron chi connectivity index (χ1n) is 3.54. The van der Waals surface area contributed by atoms with E-state index in [9.17, 15) is 9.59 Å². The summed E-state index contributed by atoms with van der Waals surface area (Å²) in [5, 5.41) is 10.7. The zero-order chi connectivity index (χ0) is 9.30. The fourth-order valence-electron chi connectivity index (χ4n) is 1.01. The zero-order valence-electron chi connectivity index (χ0n) is 6.84. The summed E-state index contributed by atoms with van der Waals surface area (Å²) in [6.45, 7) is 3.29. The minimum absolute atomic E-state index is 0.0575. The predicted octanol–water partition coefficient (Wildman–Crippen LogP) is 0.119. The van der Waals surface area contributed by atoms with Gasteiger partial charge in [-0.05, 0) is 19.4 Å². The first kappa shape index (κ1) is 8.47. The molecule has 0 aromatic carbocycles. The van der Waals surface area contributed by atoms with E-state index in [2.05, 4.69) is 5.32 Å². The lowest BCUT2D eigenvalue weighted by Crippen LogP contribution is -2.40. The fraction of sp³-hybridized carbons (Fsp3) is 0.375. The van der Waals surface area contributed by atoms with E-state index in [1.54, 1.807) is 19.9 Å². The molecule has 12 heavy (non-hydrogen) atoms. The van der Waals surface area contributed by atoms with Gasteiger partial charge in [-0.25, -0.2) is 0 Å². The van der Waals surface area contributed by atoms with Crippen LogP contribution in [0.3, 0.4) is 0 Å². The standard InChI is InChI=1S/C8H8N2O2/c1-4-5(2)7(11)10-8(12)6(4)3-9/h5H,1-2H3,(H,10,11,12)/t5-/m1/s1. The summed E-state index contributed by atoms with van der Waals surface area (Å²) in [5.41, 5.74) is 0.605. The van der Waals surface area contributed by atoms with E-state index in [1.807, 2.05) is 0 Å². The molecule has 0 spiro atoms. The summed E-state index contributed by atoms with van der Waals surface area (Å²) in [6, 6.07) is 1.77. The number of nitrogens with zero attached hydrogens (tertiary/aromatic N) is 1. The van der Waals surface area contributed by atoms with E-state index in [1.165, 1.54) is 0 Å². The van der Waals surface area contributed by atoms with Gasteiger partial charge in [0.1, 0.15) is 11.6 Å². The average Bonchev–Trinajstić information content (AvgIpc) is 2.01. The summed E-state index contributed by atoms with van der Waals surface area (Å²) < 4.78 is 0. The highest BCUT2D eigenvalue weighted by Gasteiger charge is 2.28. The number of hydrogen-bond donors (Lipinski definition) is 1. The van der Waals surface area contributed by atoms with Gasteiger partial charge < -0.3 is 0 Å². The highest BCUT2D eigenvalue weighted by atomic mass is 16.2. The first-order chi connectivity index (χ1) is 5.57. The van der Waals surface area contributed by atoms with Crippen LogP contribution in [-0.2, 0) is 9.59 Å². The second kappa shape index (κ2) is 2.78. The lowest BCUT2D eigenvalue weighted by Gasteiger charge is -2.18. The molecule has 1 aliphatic rings. The molecule has 1 aliphatic heterocycles. The van der Waals surface area contributed by atoms with Crippen molar-refractivity contribution in [1.29, 1.82) is 5.26 Å². The molecule has 0 aromatic rings. The number of nitriles is 1. The molecule has 1 atom stereocenters. The maximum absolute atomic E-state index is 11.0. The summed E-state index contributed by atoms with van der Waals surface area (Å²) in [5.74, 6) is -1.30. The number of nitrogens with one attached hydrogen (secondary N) is 1. The molecule has 4 heteroatoms. The van der Waals surface area contributed by atoms with Gasteiger partial charge in [-0.3, -0.25) is 14.9 Å². The zero-order valence-corrected chi connectivity index (χ0v) is 6.84. The fourth-order valence-corrected chi connectivity index (χ4v) is 1.01. The second-order valence-corrected chi connectivity index (χ2v) is 2.71. The summed E-state index contributed by atoms with van der Waals surface area (Å²) >= 11 is 0. The number of imide groups is 1. The Kier molecular flexibility index (Phi) is 1.96. The van der Waals surface area contributed by atoms with E-state index < -0.39 is 5.91 Å². The third-order valence-electron chi connectivity index (χ3n) is 2.01. The van der Waals surface area contributed by atoms with Crippen LogP contribution >= 0.6 is 0 Å². The van der Waals surface area contributed by atoms with Crippen LogP contribution in [0.2, 0.25) is 0 Å². The Morgan fingerprint density at radius 2 is 2.08 bits per heavy atom. The Bertz CT molecular complexity index is 322. The van der Waals surface area contributed by atoms with E-state index in [0.29, 0.717) is 5.57 Å². The molecule has 0 fully saturated rings. The Labute approximate surface area is 69.9 Å². The van der Waals surface area contributed by atoms with E-state index >= 15 is 0 Å². The van der Waals surface area contributed by atoms with Gasteiger partial charge in [0.05, 0.1) is 5.92 Å². The summed E-state index contributed by atoms with van der Waals surface area (Å²) in [7, 11) is 0. The third-order valence-corrected chi connectivity index (χ3v) is 2.01. The quantitative estimate of drug-likeness (QED) is 0.517. The average molecular weight is 164 g/mol. The van der Waals surface area contributed by atoms with Crippen LogP contribution in [0.1, 0.15) is 13.8 Å². The molecule has 62 valence electrons. The van der Waals surface area contributed by atoms with Crippen LogP contribution in [-0.4, -0.2) is 11.8 Å². The highest BCUT2D eigenvalue weighted by Crippen LogP contribution is 2.18. The lowest BCUT2D eigenvalue weighted by atomic mass is 9.93. The molecule has 0 radical (unpaired) electrons. The van der Waals surface area contributed by atoms with Gasteiger partial charge in [0.2, 0.25) is 5.91 Å². The van der Waals surface area contributed by atoms with E-state index in [0.717, 1.165) is 0 Å². The topological polar surface area (TPSA) is 70.0 Å². The van der Waals surface area contributed by atoms with E-state index in [4.69, 9.17) is 5.26 Å². The molecule has 1 heterocycles. The molecule has 0 saturated carbocycles. The molecular formula is C8H8N2O2. The number of amides is 2. The maximum atomic E-state index is 11.0. The van der Waals surface area contributed by atoms with Gasteiger partial charge in [0, 0.05) is 0 Å². The minimum Gasteiger partial charge on any atom is -0.291 e. The molecule has 0 aromatic heterocycles. The monoisotopic (exact) mass is 164 g/mol. The van der Waals surface area contributed by atoms with Crippen molar-refractivity contribution in [1.82, 2.24) is 5.32 Å². The minimum atomic E-state index is -0.585. The largest absolute Gasteiger partial charge is 0.291 e. The van der Waals surface area contributed by atoms with Crippen molar-refractivity contribution in [2.45, 2.75) is 13.8 Å². The number of hydrogen-bond acceptors (Lipinski definition) is 3. The summed E-state index contributed by atoms with van der Waals surface area (Å²) in [4.78, 5) is 22.0. The first-order valence-corrected chi connectivity index (χ1v) is 3.54. The highest BCUT2D eigenvalue weighted by molar-refractivity contribution is 6.11. The molecule has 0 aliphatic carbocycles. The van der Waals surface area contributed by atoms with Gasteiger partial charge in [-0.2, -0.15) is 5.26 Å². The van der Waals surface area contributed by atoms with Crippen LogP contribution in [0, 0.1) is 17.2 Å². The van der Waals surface area contributed by atoms with E-state index in [-0.39, 0.29) is 17.4 Å². The van der Waals surface area contributed by atoms with Crippen LogP contribution in [0.25, 0.3) is 0 Å². The molecular weight excluding hydrogens is 156 g/mol. The number of carbonyl (C=O) groups excluding carboxylic acids is 2. The SMILES string of the molecule is CC1=C(C#N)C(=O)NC(=O)[C@@H]1C. The van der Waals surface area contributed by atoms with Crippen molar-refractivity contribution >= 4 is 11.8 Å². The molecule has 4 nitrogen and oxygen atoms in total.